The van der Waals surface area contributed by atoms with Gasteiger partial charge in [-0.3, -0.25) is 29.0 Å². The maximum absolute atomic E-state index is 13.5. The minimum absolute atomic E-state index is 0.0475. The maximum atomic E-state index is 13.5. The first-order chi connectivity index (χ1) is 20.5. The van der Waals surface area contributed by atoms with Crippen LogP contribution in [-0.2, 0) is 31.9 Å². The van der Waals surface area contributed by atoms with Crippen LogP contribution in [0.4, 0.5) is 0 Å². The normalized spacial score (nSPS) is 16.1. The highest BCUT2D eigenvalue weighted by Gasteiger charge is 2.31. The van der Waals surface area contributed by atoms with Crippen molar-refractivity contribution in [1.29, 1.82) is 0 Å². The fourth-order valence-corrected chi connectivity index (χ4v) is 5.99. The predicted molar refractivity (Wildman–Crippen MR) is 161 cm³/mol. The van der Waals surface area contributed by atoms with Gasteiger partial charge in [-0.05, 0) is 29.3 Å². The van der Waals surface area contributed by atoms with Crippen LogP contribution in [0.1, 0.15) is 34.0 Å². The van der Waals surface area contributed by atoms with Crippen LogP contribution in [0, 0.1) is 0 Å². The molecule has 2 atom stereocenters. The lowest BCUT2D eigenvalue weighted by molar-refractivity contribution is -0.136. The maximum Gasteiger partial charge on any atom is 0.524 e. The molecular formula is C30H32N3O8PS. The van der Waals surface area contributed by atoms with Gasteiger partial charge in [0.05, 0.1) is 0 Å². The zero-order chi connectivity index (χ0) is 31.0. The van der Waals surface area contributed by atoms with Crippen molar-refractivity contribution >= 4 is 43.1 Å². The van der Waals surface area contributed by atoms with Crippen LogP contribution in [0.25, 0.3) is 0 Å². The SMILES string of the molecule is CC(=O)N[C@@H](Cc1ccc(OP(=O)(O)O)cc1)C(=O)N[C@H]1CSCCN(Cc2cccc(C(=O)c3ccccc3)c2)C1=O. The van der Waals surface area contributed by atoms with Gasteiger partial charge in [0.1, 0.15) is 17.8 Å². The Morgan fingerprint density at radius 1 is 1.00 bits per heavy atom. The van der Waals surface area contributed by atoms with Crippen LogP contribution in [0.3, 0.4) is 0 Å². The van der Waals surface area contributed by atoms with Gasteiger partial charge in [-0.15, -0.1) is 0 Å². The summed E-state index contributed by atoms with van der Waals surface area (Å²) < 4.78 is 15.6. The van der Waals surface area contributed by atoms with Crippen molar-refractivity contribution in [3.8, 4) is 5.75 Å². The van der Waals surface area contributed by atoms with Crippen molar-refractivity contribution < 1.29 is 38.1 Å². The molecule has 1 saturated heterocycles. The topological polar surface area (TPSA) is 162 Å². The minimum Gasteiger partial charge on any atom is -0.404 e. The average Bonchev–Trinajstić information content (AvgIpc) is 3.13. The third kappa shape index (κ3) is 9.52. The van der Waals surface area contributed by atoms with Crippen molar-refractivity contribution in [3.63, 3.8) is 0 Å². The van der Waals surface area contributed by atoms with Crippen molar-refractivity contribution in [3.05, 3.63) is 101 Å². The van der Waals surface area contributed by atoms with E-state index >= 15 is 0 Å². The number of phosphoric acid groups is 1. The number of hydrogen-bond donors (Lipinski definition) is 4. The molecule has 0 spiro atoms. The van der Waals surface area contributed by atoms with Gasteiger partial charge < -0.3 is 20.1 Å². The Labute approximate surface area is 253 Å². The fourth-order valence-electron chi connectivity index (χ4n) is 4.61. The van der Waals surface area contributed by atoms with E-state index in [1.807, 2.05) is 12.1 Å². The highest BCUT2D eigenvalue weighted by molar-refractivity contribution is 7.99. The number of carbonyl (C=O) groups is 4. The Balaban J connectivity index is 1.43. The number of rotatable bonds is 11. The summed E-state index contributed by atoms with van der Waals surface area (Å²) in [6.45, 7) is 2.01. The Morgan fingerprint density at radius 2 is 1.70 bits per heavy atom. The van der Waals surface area contributed by atoms with E-state index in [2.05, 4.69) is 15.2 Å². The number of thioether (sulfide) groups is 1. The van der Waals surface area contributed by atoms with Gasteiger partial charge in [0, 0.05) is 49.1 Å². The van der Waals surface area contributed by atoms with Gasteiger partial charge in [-0.1, -0.05) is 60.7 Å². The Kier molecular flexibility index (Phi) is 10.8. The van der Waals surface area contributed by atoms with E-state index in [1.165, 1.54) is 43.0 Å². The van der Waals surface area contributed by atoms with Gasteiger partial charge in [-0.2, -0.15) is 11.8 Å². The molecule has 3 amide bonds. The van der Waals surface area contributed by atoms with Gasteiger partial charge in [0.25, 0.3) is 0 Å². The number of hydrogen-bond acceptors (Lipinski definition) is 7. The quantitative estimate of drug-likeness (QED) is 0.185. The molecule has 0 saturated carbocycles. The van der Waals surface area contributed by atoms with Crippen LogP contribution in [0.2, 0.25) is 0 Å². The van der Waals surface area contributed by atoms with E-state index in [0.29, 0.717) is 34.7 Å². The number of carbonyl (C=O) groups excluding carboxylic acids is 4. The van der Waals surface area contributed by atoms with E-state index in [-0.39, 0.29) is 30.4 Å². The standard InChI is InChI=1S/C30H32N3O8PS/c1-20(34)31-26(17-21-10-12-25(13-11-21)41-42(38,39)40)29(36)32-27-19-43-15-14-33(30(27)37)18-22-6-5-9-24(16-22)28(35)23-7-3-2-4-8-23/h2-13,16,26-27H,14-15,17-19H2,1H3,(H,31,34)(H,32,36)(H2,38,39,40)/t26-,27-/m0/s1. The number of benzene rings is 3. The second kappa shape index (κ2) is 14.5. The van der Waals surface area contributed by atoms with Gasteiger partial charge >= 0.3 is 7.82 Å². The molecule has 0 aromatic heterocycles. The van der Waals surface area contributed by atoms with Crippen molar-refractivity contribution in [1.82, 2.24) is 15.5 Å². The number of ketones is 1. The third-order valence-corrected chi connectivity index (χ3v) is 8.09. The summed E-state index contributed by atoms with van der Waals surface area (Å²) in [6.07, 6.45) is 0.0710. The number of nitrogens with one attached hydrogen (secondary N) is 2. The number of nitrogens with zero attached hydrogens (tertiary/aromatic N) is 1. The van der Waals surface area contributed by atoms with Crippen LogP contribution < -0.4 is 15.2 Å². The largest absolute Gasteiger partial charge is 0.524 e. The minimum atomic E-state index is -4.72. The Morgan fingerprint density at radius 3 is 2.37 bits per heavy atom. The first-order valence-electron chi connectivity index (χ1n) is 13.5. The summed E-state index contributed by atoms with van der Waals surface area (Å²) in [6, 6.07) is 20.0. The van der Waals surface area contributed by atoms with E-state index in [0.717, 1.165) is 5.56 Å². The van der Waals surface area contributed by atoms with Crippen molar-refractivity contribution in [2.75, 3.05) is 18.1 Å². The van der Waals surface area contributed by atoms with Crippen molar-refractivity contribution in [2.45, 2.75) is 32.0 Å². The van der Waals surface area contributed by atoms with Crippen LogP contribution in [0.15, 0.2) is 78.9 Å². The monoisotopic (exact) mass is 625 g/mol. The average molecular weight is 626 g/mol. The summed E-state index contributed by atoms with van der Waals surface area (Å²) in [5.74, 6) is -0.379. The molecule has 0 radical (unpaired) electrons. The second-order valence-corrected chi connectivity index (χ2v) is 12.3. The van der Waals surface area contributed by atoms with E-state index in [1.54, 1.807) is 47.4 Å². The zero-order valence-corrected chi connectivity index (χ0v) is 25.1. The summed E-state index contributed by atoms with van der Waals surface area (Å²) in [5.41, 5.74) is 2.47. The third-order valence-electron chi connectivity index (χ3n) is 6.60. The Hall–Kier alpha value is -3.96. The lowest BCUT2D eigenvalue weighted by Gasteiger charge is -2.26. The van der Waals surface area contributed by atoms with E-state index in [9.17, 15) is 23.7 Å². The molecule has 1 aliphatic rings. The van der Waals surface area contributed by atoms with Crippen LogP contribution in [0.5, 0.6) is 5.75 Å². The van der Waals surface area contributed by atoms with E-state index < -0.39 is 31.7 Å². The summed E-state index contributed by atoms with van der Waals surface area (Å²) >= 11 is 1.53. The van der Waals surface area contributed by atoms with Crippen molar-refractivity contribution in [2.24, 2.45) is 0 Å². The molecule has 3 aromatic rings. The first-order valence-corrected chi connectivity index (χ1v) is 16.1. The predicted octanol–water partition coefficient (Wildman–Crippen LogP) is 2.70. The van der Waals surface area contributed by atoms with Gasteiger partial charge in [-0.25, -0.2) is 4.57 Å². The number of phosphoric ester groups is 1. The molecule has 1 fully saturated rings. The molecule has 1 heterocycles. The molecule has 0 aliphatic carbocycles. The summed E-state index contributed by atoms with van der Waals surface area (Å²) in [5, 5.41) is 5.41. The summed E-state index contributed by atoms with van der Waals surface area (Å²) in [4.78, 5) is 71.3. The molecule has 13 heteroatoms. The highest BCUT2D eigenvalue weighted by atomic mass is 32.2. The van der Waals surface area contributed by atoms with Gasteiger partial charge in [0.2, 0.25) is 17.7 Å². The molecule has 4 N–H and O–H groups in total. The smallest absolute Gasteiger partial charge is 0.404 e. The fraction of sp³-hybridized carbons (Fsp3) is 0.267. The molecule has 0 bridgehead atoms. The Bertz CT molecular complexity index is 1510. The molecule has 4 rings (SSSR count). The number of amides is 3. The van der Waals surface area contributed by atoms with Gasteiger partial charge in [0.15, 0.2) is 5.78 Å². The molecule has 0 unspecified atom stereocenters. The second-order valence-electron chi connectivity index (χ2n) is 9.97. The lowest BCUT2D eigenvalue weighted by atomic mass is 10.0. The molecule has 3 aromatic carbocycles. The molecule has 11 nitrogen and oxygen atoms in total. The molecule has 1 aliphatic heterocycles. The molecule has 226 valence electrons. The van der Waals surface area contributed by atoms with Crippen LogP contribution in [-0.4, -0.2) is 68.3 Å². The zero-order valence-electron chi connectivity index (χ0n) is 23.3. The lowest BCUT2D eigenvalue weighted by Crippen LogP contribution is -2.55. The van der Waals surface area contributed by atoms with Crippen LogP contribution >= 0.6 is 19.6 Å². The van der Waals surface area contributed by atoms with E-state index in [4.69, 9.17) is 9.79 Å². The summed E-state index contributed by atoms with van der Waals surface area (Å²) in [7, 11) is -4.72. The molecular weight excluding hydrogens is 593 g/mol. The highest BCUT2D eigenvalue weighted by Crippen LogP contribution is 2.37. The molecule has 43 heavy (non-hydrogen) atoms. The first kappa shape index (κ1) is 32.0.